The molecule has 0 saturated carbocycles. The van der Waals surface area contributed by atoms with E-state index >= 15 is 0 Å². The van der Waals surface area contributed by atoms with E-state index in [1.165, 1.54) is 24.5 Å². The van der Waals surface area contributed by atoms with Crippen molar-refractivity contribution in [3.8, 4) is 0 Å². The number of hydrogen-bond donors (Lipinski definition) is 4. The van der Waals surface area contributed by atoms with E-state index in [-0.39, 0.29) is 28.7 Å². The van der Waals surface area contributed by atoms with E-state index in [4.69, 9.17) is 0 Å². The molecule has 0 spiro atoms. The number of fused-ring (bicyclic) bond motifs is 1. The van der Waals surface area contributed by atoms with Gasteiger partial charge in [0.1, 0.15) is 6.04 Å². The molecule has 1 unspecified atom stereocenters. The molecule has 2 amide bonds. The van der Waals surface area contributed by atoms with Crippen LogP contribution in [0.2, 0.25) is 0 Å². The van der Waals surface area contributed by atoms with E-state index < -0.39 is 27.9 Å². The summed E-state index contributed by atoms with van der Waals surface area (Å²) in [6.45, 7) is 11.6. The average molecular weight is 543 g/mol. The third-order valence-corrected chi connectivity index (χ3v) is 8.54. The van der Waals surface area contributed by atoms with Crippen LogP contribution in [0.4, 0.5) is 0 Å². The van der Waals surface area contributed by atoms with Crippen molar-refractivity contribution in [3.63, 3.8) is 0 Å². The maximum atomic E-state index is 13.3. The van der Waals surface area contributed by atoms with Crippen molar-refractivity contribution in [1.29, 1.82) is 0 Å². The summed E-state index contributed by atoms with van der Waals surface area (Å²) in [5.41, 5.74) is 5.63. The van der Waals surface area contributed by atoms with E-state index in [0.717, 1.165) is 35.2 Å². The second-order valence-corrected chi connectivity index (χ2v) is 13.0. The molecule has 2 heterocycles. The van der Waals surface area contributed by atoms with Gasteiger partial charge in [0.2, 0.25) is 11.8 Å². The van der Waals surface area contributed by atoms with Crippen molar-refractivity contribution < 1.29 is 18.0 Å². The molecule has 1 aromatic carbocycles. The summed E-state index contributed by atoms with van der Waals surface area (Å²) in [4.78, 5) is 25.9. The quantitative estimate of drug-likeness (QED) is 0.348. The van der Waals surface area contributed by atoms with Crippen LogP contribution in [0.25, 0.3) is 0 Å². The predicted octanol–water partition coefficient (Wildman–Crippen LogP) is 1.36. The Balaban J connectivity index is 1.38. The molecule has 0 bridgehead atoms. The van der Waals surface area contributed by atoms with Crippen LogP contribution in [-0.4, -0.2) is 67.8 Å². The summed E-state index contributed by atoms with van der Waals surface area (Å²) < 4.78 is 27.6. The van der Waals surface area contributed by atoms with E-state index in [0.29, 0.717) is 6.54 Å². The maximum Gasteiger partial charge on any atom is 0.264 e. The summed E-state index contributed by atoms with van der Waals surface area (Å²) in [7, 11) is -4.02. The molecule has 2 aliphatic heterocycles. The van der Waals surface area contributed by atoms with Crippen LogP contribution in [0.5, 0.6) is 0 Å². The lowest BCUT2D eigenvalue weighted by Crippen LogP contribution is -2.52. The van der Waals surface area contributed by atoms with Crippen LogP contribution in [0, 0.1) is 18.3 Å². The minimum atomic E-state index is -4.02. The van der Waals surface area contributed by atoms with Crippen LogP contribution in [-0.2, 0) is 19.6 Å². The van der Waals surface area contributed by atoms with Crippen LogP contribution >= 0.6 is 0 Å². The largest absolute Gasteiger partial charge is 0.349 e. The number of aryl methyl sites for hydroxylation is 1. The first-order valence-corrected chi connectivity index (χ1v) is 14.4. The van der Waals surface area contributed by atoms with Crippen LogP contribution in [0.15, 0.2) is 65.5 Å². The summed E-state index contributed by atoms with van der Waals surface area (Å²) in [6, 6.07) is 4.93. The number of carbonyl (C=O) groups is 2. The molecule has 11 heteroatoms. The van der Waals surface area contributed by atoms with Crippen molar-refractivity contribution in [2.24, 2.45) is 11.3 Å². The van der Waals surface area contributed by atoms with Gasteiger partial charge < -0.3 is 21.0 Å². The number of hydrogen-bond acceptors (Lipinski definition) is 7. The Kier molecular flexibility index (Phi) is 8.29. The number of benzene rings is 1. The molecule has 1 aromatic rings. The Morgan fingerprint density at radius 2 is 1.92 bits per heavy atom. The van der Waals surface area contributed by atoms with E-state index in [1.54, 1.807) is 12.1 Å². The molecule has 4 N–H and O–H groups in total. The molecule has 3 aliphatic rings. The van der Waals surface area contributed by atoms with Crippen LogP contribution in [0.1, 0.15) is 32.8 Å². The van der Waals surface area contributed by atoms with Crippen molar-refractivity contribution in [3.05, 3.63) is 66.2 Å². The summed E-state index contributed by atoms with van der Waals surface area (Å²) in [5, 5.41) is 11.1. The highest BCUT2D eigenvalue weighted by Crippen LogP contribution is 2.28. The number of sulfonamides is 1. The second kappa shape index (κ2) is 11.3. The average Bonchev–Trinajstić information content (AvgIpc) is 3.27. The molecule has 1 aliphatic carbocycles. The van der Waals surface area contributed by atoms with Gasteiger partial charge in [0.25, 0.3) is 10.0 Å². The van der Waals surface area contributed by atoms with E-state index in [1.807, 2.05) is 25.2 Å². The molecule has 4 rings (SSSR count). The molecule has 3 atom stereocenters. The third-order valence-electron chi connectivity index (χ3n) is 6.74. The Bertz CT molecular complexity index is 1230. The molecule has 206 valence electrons. The number of nitrogens with one attached hydrogen (secondary N) is 4. The highest BCUT2D eigenvalue weighted by atomic mass is 32.2. The topological polar surface area (TPSA) is 123 Å². The number of amides is 2. The lowest BCUT2D eigenvalue weighted by atomic mass is 9.92. The van der Waals surface area contributed by atoms with E-state index in [2.05, 4.69) is 47.2 Å². The van der Waals surface area contributed by atoms with Crippen LogP contribution in [0.3, 0.4) is 0 Å². The predicted molar refractivity (Wildman–Crippen MR) is 146 cm³/mol. The molecule has 0 aromatic heterocycles. The smallest absolute Gasteiger partial charge is 0.264 e. The van der Waals surface area contributed by atoms with Gasteiger partial charge in [-0.1, -0.05) is 50.6 Å². The third kappa shape index (κ3) is 6.46. The monoisotopic (exact) mass is 542 g/mol. The first-order valence-electron chi connectivity index (χ1n) is 12.9. The normalized spacial score (nSPS) is 23.2. The fourth-order valence-corrected chi connectivity index (χ4v) is 6.19. The minimum Gasteiger partial charge on any atom is -0.349 e. The zero-order chi connectivity index (χ0) is 27.5. The lowest BCUT2D eigenvalue weighted by molar-refractivity contribution is -0.129. The first kappa shape index (κ1) is 27.9. The first-order chi connectivity index (χ1) is 18.0. The van der Waals surface area contributed by atoms with Gasteiger partial charge in [-0.05, 0) is 30.5 Å². The van der Waals surface area contributed by atoms with Gasteiger partial charge in [-0.25, -0.2) is 13.8 Å². The summed E-state index contributed by atoms with van der Waals surface area (Å²) >= 11 is 0. The Labute approximate surface area is 225 Å². The number of rotatable bonds is 9. The van der Waals surface area contributed by atoms with Gasteiger partial charge in [0.15, 0.2) is 0 Å². The van der Waals surface area contributed by atoms with Gasteiger partial charge in [-0.3, -0.25) is 13.9 Å². The number of carbonyl (C=O) groups excluding carboxylic acids is 2. The number of hydrazine groups is 1. The fraction of sp³-hybridized carbons (Fsp3) is 0.481. The van der Waals surface area contributed by atoms with Crippen molar-refractivity contribution in [2.75, 3.05) is 26.2 Å². The van der Waals surface area contributed by atoms with Gasteiger partial charge in [-0.15, -0.1) is 0 Å². The zero-order valence-electron chi connectivity index (χ0n) is 22.4. The Hall–Kier alpha value is -3.15. The highest BCUT2D eigenvalue weighted by Gasteiger charge is 2.39. The Morgan fingerprint density at radius 1 is 1.18 bits per heavy atom. The van der Waals surface area contributed by atoms with Crippen molar-refractivity contribution >= 4 is 21.8 Å². The molecule has 1 fully saturated rings. The van der Waals surface area contributed by atoms with E-state index in [9.17, 15) is 18.0 Å². The molecule has 38 heavy (non-hydrogen) atoms. The fourth-order valence-electron chi connectivity index (χ4n) is 4.74. The summed E-state index contributed by atoms with van der Waals surface area (Å²) in [6.07, 6.45) is 8.17. The summed E-state index contributed by atoms with van der Waals surface area (Å²) in [5.74, 6) is -0.903. The number of nitrogens with zero attached hydrogens (tertiary/aromatic N) is 2. The number of allylic oxidation sites excluding steroid dienone is 2. The van der Waals surface area contributed by atoms with Gasteiger partial charge in [-0.2, -0.15) is 0 Å². The SMILES string of the molecule is Cc1ccc(S(=O)(=O)N2C=CNC(=O)[C@H]2CC(=O)N[C@H]2C=CC=C3C2CNN3CCNCC(C)(C)C)cc1. The van der Waals surface area contributed by atoms with Gasteiger partial charge >= 0.3 is 0 Å². The maximum absolute atomic E-state index is 13.3. The Morgan fingerprint density at radius 3 is 2.63 bits per heavy atom. The molecule has 10 nitrogen and oxygen atoms in total. The molecule has 1 saturated heterocycles. The zero-order valence-corrected chi connectivity index (χ0v) is 23.2. The minimum absolute atomic E-state index is 0.0408. The molecule has 0 radical (unpaired) electrons. The van der Waals surface area contributed by atoms with Crippen molar-refractivity contribution in [1.82, 2.24) is 30.7 Å². The standard InChI is InChI=1S/C27H38N6O4S/c1-19-8-10-20(11-9-19)38(36,37)33-15-13-29-26(35)24(33)16-25(34)31-22-6-5-7-23-21(22)17-30-32(23)14-12-28-18-27(2,3)4/h5-11,13,15,21-22,24,28,30H,12,14,16-18H2,1-4H3,(H,29,35)(H,31,34)/t21?,22-,24+/m0/s1. The molecular formula is C27H38N6O4S. The highest BCUT2D eigenvalue weighted by molar-refractivity contribution is 7.89. The van der Waals surface area contributed by atoms with Crippen LogP contribution < -0.4 is 21.4 Å². The molecular weight excluding hydrogens is 504 g/mol. The van der Waals surface area contributed by atoms with Gasteiger partial charge in [0.05, 0.1) is 17.4 Å². The second-order valence-electron chi connectivity index (χ2n) is 11.1. The lowest BCUT2D eigenvalue weighted by Gasteiger charge is -2.32. The van der Waals surface area contributed by atoms with Crippen molar-refractivity contribution in [2.45, 2.75) is 51.1 Å². The van der Waals surface area contributed by atoms with Gasteiger partial charge in [0, 0.05) is 50.2 Å².